The highest BCUT2D eigenvalue weighted by molar-refractivity contribution is 5.97. The van der Waals surface area contributed by atoms with Gasteiger partial charge in [0, 0.05) is 25.8 Å². The maximum absolute atomic E-state index is 14.2. The van der Waals surface area contributed by atoms with Crippen LogP contribution < -0.4 is 54.8 Å². The van der Waals surface area contributed by atoms with Gasteiger partial charge in [0.15, 0.2) is 5.96 Å². The van der Waals surface area contributed by atoms with Crippen molar-refractivity contribution in [1.82, 2.24) is 31.9 Å². The smallest absolute Gasteiger partial charge is 0.243 e. The first kappa shape index (κ1) is 48.5. The molecule has 0 radical (unpaired) electrons. The lowest BCUT2D eigenvalue weighted by molar-refractivity contribution is -0.135. The summed E-state index contributed by atoms with van der Waals surface area (Å²) in [5, 5.41) is 16.0. The fourth-order valence-electron chi connectivity index (χ4n) is 6.25. The number of guanidine groups is 1. The van der Waals surface area contributed by atoms with E-state index in [4.69, 9.17) is 22.9 Å². The highest BCUT2D eigenvalue weighted by atomic mass is 16.2. The Morgan fingerprint density at radius 2 is 0.951 bits per heavy atom. The number of hydrogen-bond acceptors (Lipinski definition) is 9. The Kier molecular flexibility index (Phi) is 20.4. The van der Waals surface area contributed by atoms with Gasteiger partial charge in [-0.05, 0) is 41.9 Å². The molecule has 0 aliphatic rings. The van der Waals surface area contributed by atoms with E-state index in [0.717, 1.165) is 11.1 Å². The van der Waals surface area contributed by atoms with Crippen LogP contribution in [-0.2, 0) is 52.8 Å². The van der Waals surface area contributed by atoms with Crippen LogP contribution in [0.4, 0.5) is 0 Å². The summed E-state index contributed by atoms with van der Waals surface area (Å²) in [5.41, 5.74) is 24.2. The number of nitrogens with two attached hydrogens (primary N) is 4. The molecule has 0 heterocycles. The van der Waals surface area contributed by atoms with Crippen LogP contribution >= 0.6 is 0 Å². The predicted molar refractivity (Wildman–Crippen MR) is 231 cm³/mol. The van der Waals surface area contributed by atoms with Crippen LogP contribution in [-0.4, -0.2) is 97.2 Å². The molecule has 0 bridgehead atoms. The van der Waals surface area contributed by atoms with Gasteiger partial charge in [0.2, 0.25) is 41.4 Å². The molecule has 5 atom stereocenters. The number of carbonyl (C=O) groups is 7. The lowest BCUT2D eigenvalue weighted by Crippen LogP contribution is -2.60. The molecule has 0 fully saturated rings. The molecule has 61 heavy (non-hydrogen) atoms. The molecule has 0 aliphatic carbocycles. The number of nitrogens with zero attached hydrogens (tertiary/aromatic N) is 1. The van der Waals surface area contributed by atoms with E-state index in [1.54, 1.807) is 84.9 Å². The fourth-order valence-corrected chi connectivity index (χ4v) is 6.25. The number of primary amides is 1. The molecule has 0 unspecified atom stereocenters. The summed E-state index contributed by atoms with van der Waals surface area (Å²) in [4.78, 5) is 97.2. The Bertz CT molecular complexity index is 1930. The van der Waals surface area contributed by atoms with E-state index in [-0.39, 0.29) is 63.5 Å². The summed E-state index contributed by atoms with van der Waals surface area (Å²) in [6, 6.07) is 20.9. The SMILES string of the molecule is CC(C)C[C@H](NC(=O)[C@H](Cc1ccccc1)NC(=O)CNC(=O)CN)C(=O)N[C@@H](Cc1ccccc1)C(=O)N[C@@H](CCCN=C(N)N)C(=O)N[C@@H](Cc1ccccc1)C(N)=O. The standard InChI is InChI=1S/C43H59N11O7/c1-27(2)21-33(53-41(60)34(23-29-15-8-4-9-16-29)50-37(56)26-49-36(55)25-44)40(59)54-35(24-30-17-10-5-11-18-30)42(61)51-31(19-12-20-48-43(46)47)39(58)52-32(38(45)57)22-28-13-6-3-7-14-28/h3-11,13-18,27,31-35H,12,19-26,44H2,1-2H3,(H2,45,57)(H,49,55)(H,50,56)(H,51,61)(H,52,58)(H,53,60)(H,54,59)(H4,46,47,48)/t31-,32-,33-,34-,35-/m0/s1. The predicted octanol–water partition coefficient (Wildman–Crippen LogP) is -1.20. The van der Waals surface area contributed by atoms with E-state index in [1.807, 2.05) is 19.9 Å². The molecule has 3 rings (SSSR count). The topological polar surface area (TPSA) is 308 Å². The van der Waals surface area contributed by atoms with E-state index in [0.29, 0.717) is 5.56 Å². The zero-order valence-corrected chi connectivity index (χ0v) is 34.6. The van der Waals surface area contributed by atoms with E-state index in [1.165, 1.54) is 0 Å². The summed E-state index contributed by atoms with van der Waals surface area (Å²) < 4.78 is 0. The molecule has 0 spiro atoms. The maximum atomic E-state index is 14.2. The number of aliphatic imine (C=N–C) groups is 1. The van der Waals surface area contributed by atoms with Gasteiger partial charge in [0.1, 0.15) is 30.2 Å². The van der Waals surface area contributed by atoms with Gasteiger partial charge >= 0.3 is 0 Å². The van der Waals surface area contributed by atoms with Crippen molar-refractivity contribution in [3.8, 4) is 0 Å². The minimum atomic E-state index is -1.25. The van der Waals surface area contributed by atoms with E-state index >= 15 is 0 Å². The van der Waals surface area contributed by atoms with Crippen LogP contribution in [0, 0.1) is 5.92 Å². The summed E-state index contributed by atoms with van der Waals surface area (Å²) in [6.45, 7) is 3.10. The van der Waals surface area contributed by atoms with Crippen molar-refractivity contribution in [3.63, 3.8) is 0 Å². The first-order valence-electron chi connectivity index (χ1n) is 20.1. The second kappa shape index (κ2) is 25.6. The minimum Gasteiger partial charge on any atom is -0.370 e. The molecule has 3 aromatic carbocycles. The summed E-state index contributed by atoms with van der Waals surface area (Å²) >= 11 is 0. The Morgan fingerprint density at radius 1 is 0.541 bits per heavy atom. The van der Waals surface area contributed by atoms with Crippen molar-refractivity contribution in [3.05, 3.63) is 108 Å². The Balaban J connectivity index is 1.89. The van der Waals surface area contributed by atoms with Gasteiger partial charge in [-0.15, -0.1) is 0 Å². The average Bonchev–Trinajstić information content (AvgIpc) is 3.23. The Labute approximate surface area is 355 Å². The lowest BCUT2D eigenvalue weighted by Gasteiger charge is -2.28. The number of carbonyl (C=O) groups excluding carboxylic acids is 7. The van der Waals surface area contributed by atoms with Crippen LogP contribution in [0.2, 0.25) is 0 Å². The largest absolute Gasteiger partial charge is 0.370 e. The normalized spacial score (nSPS) is 13.2. The molecule has 3 aromatic rings. The van der Waals surface area contributed by atoms with Gasteiger partial charge in [-0.25, -0.2) is 0 Å². The summed E-state index contributed by atoms with van der Waals surface area (Å²) in [5.74, 6) is -5.03. The van der Waals surface area contributed by atoms with Crippen molar-refractivity contribution < 1.29 is 33.6 Å². The zero-order chi connectivity index (χ0) is 44.7. The van der Waals surface area contributed by atoms with Gasteiger partial charge in [-0.2, -0.15) is 0 Å². The van der Waals surface area contributed by atoms with Gasteiger partial charge in [0.05, 0.1) is 13.1 Å². The second-order valence-electron chi connectivity index (χ2n) is 14.9. The molecule has 0 saturated carbocycles. The van der Waals surface area contributed by atoms with Crippen LogP contribution in [0.15, 0.2) is 96.0 Å². The highest BCUT2D eigenvalue weighted by Crippen LogP contribution is 2.12. The van der Waals surface area contributed by atoms with Crippen LogP contribution in [0.5, 0.6) is 0 Å². The third-order valence-corrected chi connectivity index (χ3v) is 9.34. The molecular weight excluding hydrogens is 783 g/mol. The summed E-state index contributed by atoms with van der Waals surface area (Å²) in [6.07, 6.45) is 0.631. The average molecular weight is 842 g/mol. The van der Waals surface area contributed by atoms with Gasteiger partial charge in [-0.3, -0.25) is 38.6 Å². The number of hydrogen-bond donors (Lipinski definition) is 10. The molecule has 14 N–H and O–H groups in total. The van der Waals surface area contributed by atoms with Gasteiger partial charge in [-0.1, -0.05) is 105 Å². The van der Waals surface area contributed by atoms with Crippen molar-refractivity contribution >= 4 is 47.3 Å². The van der Waals surface area contributed by atoms with Crippen LogP contribution in [0.1, 0.15) is 49.8 Å². The van der Waals surface area contributed by atoms with E-state index < -0.39 is 78.1 Å². The Morgan fingerprint density at radius 3 is 1.41 bits per heavy atom. The van der Waals surface area contributed by atoms with E-state index in [2.05, 4.69) is 36.9 Å². The molecule has 18 heteroatoms. The van der Waals surface area contributed by atoms with Gasteiger partial charge in [0.25, 0.3) is 0 Å². The van der Waals surface area contributed by atoms with Crippen LogP contribution in [0.3, 0.4) is 0 Å². The number of benzene rings is 3. The molecule has 0 aromatic heterocycles. The summed E-state index contributed by atoms with van der Waals surface area (Å²) in [7, 11) is 0. The van der Waals surface area contributed by atoms with Crippen molar-refractivity contribution in [1.29, 1.82) is 0 Å². The minimum absolute atomic E-state index is 0.00221. The monoisotopic (exact) mass is 841 g/mol. The first-order chi connectivity index (χ1) is 29.1. The molecule has 0 saturated heterocycles. The number of nitrogens with one attached hydrogen (secondary N) is 6. The van der Waals surface area contributed by atoms with Crippen LogP contribution in [0.25, 0.3) is 0 Å². The highest BCUT2D eigenvalue weighted by Gasteiger charge is 2.33. The molecule has 7 amide bonds. The number of rotatable bonds is 25. The third kappa shape index (κ3) is 18.3. The first-order valence-corrected chi connectivity index (χ1v) is 20.1. The van der Waals surface area contributed by atoms with Crippen molar-refractivity contribution in [2.24, 2.45) is 33.8 Å². The van der Waals surface area contributed by atoms with Crippen molar-refractivity contribution in [2.45, 2.75) is 82.6 Å². The molecule has 18 nitrogen and oxygen atoms in total. The maximum Gasteiger partial charge on any atom is 0.243 e. The molecule has 328 valence electrons. The van der Waals surface area contributed by atoms with Gasteiger partial charge < -0.3 is 54.8 Å². The molecular formula is C43H59N11O7. The third-order valence-electron chi connectivity index (χ3n) is 9.34. The Hall–Kier alpha value is -6.82. The van der Waals surface area contributed by atoms with Crippen molar-refractivity contribution in [2.75, 3.05) is 19.6 Å². The van der Waals surface area contributed by atoms with E-state index in [9.17, 15) is 33.6 Å². The fraction of sp³-hybridized carbons (Fsp3) is 0.395. The second-order valence-corrected chi connectivity index (χ2v) is 14.9. The number of amides is 7. The lowest BCUT2D eigenvalue weighted by atomic mass is 9.99. The quantitative estimate of drug-likeness (QED) is 0.0276. The molecule has 0 aliphatic heterocycles. The zero-order valence-electron chi connectivity index (χ0n) is 34.6.